The van der Waals surface area contributed by atoms with Crippen LogP contribution in [0.2, 0.25) is 0 Å². The van der Waals surface area contributed by atoms with Gasteiger partial charge in [-0.1, -0.05) is 138 Å². The fraction of sp³-hybridized carbons (Fsp3) is 0. The Hall–Kier alpha value is -5.83. The van der Waals surface area contributed by atoms with Crippen molar-refractivity contribution >= 4 is 32.4 Å². The van der Waals surface area contributed by atoms with Crippen LogP contribution in [0.25, 0.3) is 83.0 Å². The monoisotopic (exact) mass is 809 g/mol. The van der Waals surface area contributed by atoms with E-state index in [1.54, 1.807) is 6.07 Å². The van der Waals surface area contributed by atoms with Crippen LogP contribution in [0.1, 0.15) is 0 Å². The normalized spacial score (nSPS) is 11.2. The molecule has 0 bridgehead atoms. The van der Waals surface area contributed by atoms with Gasteiger partial charge >= 0.3 is 0 Å². The first kappa shape index (κ1) is 30.5. The molecule has 0 amide bonds. The molecule has 5 heteroatoms. The fourth-order valence-electron chi connectivity index (χ4n) is 6.82. The van der Waals surface area contributed by atoms with Gasteiger partial charge in [-0.25, -0.2) is 0 Å². The second-order valence-electron chi connectivity index (χ2n) is 11.9. The molecule has 7 aromatic carbocycles. The Morgan fingerprint density at radius 3 is 1.92 bits per heavy atom. The third kappa shape index (κ3) is 5.31. The van der Waals surface area contributed by atoms with Crippen LogP contribution in [0.15, 0.2) is 164 Å². The number of rotatable bonds is 5. The van der Waals surface area contributed by atoms with Crippen molar-refractivity contribution in [3.63, 3.8) is 0 Å². The second kappa shape index (κ2) is 12.6. The molecule has 0 aliphatic heterocycles. The summed E-state index contributed by atoms with van der Waals surface area (Å²) in [6, 6.07) is 55.3. The first-order valence-electron chi connectivity index (χ1n) is 16.0. The smallest absolute Gasteiger partial charge is 0.0907 e. The van der Waals surface area contributed by atoms with Crippen molar-refractivity contribution in [2.75, 3.05) is 0 Å². The van der Waals surface area contributed by atoms with Gasteiger partial charge in [-0.3, -0.25) is 9.97 Å². The van der Waals surface area contributed by atoms with E-state index in [-0.39, 0.29) is 26.8 Å². The van der Waals surface area contributed by atoms with Crippen LogP contribution in [-0.2, 0) is 21.1 Å². The summed E-state index contributed by atoms with van der Waals surface area (Å²) in [6.45, 7) is 0. The fourth-order valence-corrected chi connectivity index (χ4v) is 6.82. The molecule has 1 N–H and O–H groups in total. The number of pyridine rings is 1. The zero-order chi connectivity index (χ0) is 32.0. The molecule has 2 aromatic heterocycles. The minimum Gasteiger partial charge on any atom is -0.515 e. The van der Waals surface area contributed by atoms with Crippen molar-refractivity contribution in [3.8, 4) is 56.3 Å². The van der Waals surface area contributed by atoms with Crippen molar-refractivity contribution in [1.29, 1.82) is 0 Å². The van der Waals surface area contributed by atoms with Crippen LogP contribution in [0, 0.1) is 6.07 Å². The molecule has 0 aliphatic carbocycles. The van der Waals surface area contributed by atoms with Gasteiger partial charge in [0.15, 0.2) is 0 Å². The van der Waals surface area contributed by atoms with E-state index in [0.717, 1.165) is 83.0 Å². The number of phenols is 1. The number of aromatic hydroxyl groups is 1. The molecule has 49 heavy (non-hydrogen) atoms. The van der Waals surface area contributed by atoms with Gasteiger partial charge in [0.05, 0.1) is 28.5 Å². The molecule has 236 valence electrons. The number of phenolic OH excluding ortho intramolecular Hbond substituents is 1. The van der Waals surface area contributed by atoms with Gasteiger partial charge in [-0.2, -0.15) is 0 Å². The molecule has 9 rings (SSSR count). The van der Waals surface area contributed by atoms with Crippen LogP contribution in [0.3, 0.4) is 0 Å². The molecular formula is C44H28N3OPt-. The molecule has 0 radical (unpaired) electrons. The van der Waals surface area contributed by atoms with Crippen LogP contribution in [0.4, 0.5) is 0 Å². The number of benzene rings is 7. The van der Waals surface area contributed by atoms with Gasteiger partial charge in [-0.05, 0) is 34.0 Å². The zero-order valence-corrected chi connectivity index (χ0v) is 28.5. The van der Waals surface area contributed by atoms with Crippen molar-refractivity contribution in [3.05, 3.63) is 170 Å². The molecule has 9 aromatic rings. The molecule has 2 heterocycles. The predicted molar refractivity (Wildman–Crippen MR) is 196 cm³/mol. The predicted octanol–water partition coefficient (Wildman–Crippen LogP) is 10.9. The van der Waals surface area contributed by atoms with E-state index in [0.29, 0.717) is 0 Å². The van der Waals surface area contributed by atoms with Gasteiger partial charge in [-0.15, -0.1) is 23.6 Å². The summed E-state index contributed by atoms with van der Waals surface area (Å²) < 4.78 is 2.21. The molecule has 0 atom stereocenters. The zero-order valence-electron chi connectivity index (χ0n) is 26.2. The number of imidazole rings is 1. The van der Waals surface area contributed by atoms with Gasteiger partial charge in [0.25, 0.3) is 0 Å². The molecule has 0 saturated heterocycles. The number of hydrogen-bond acceptors (Lipinski definition) is 3. The molecule has 0 saturated carbocycles. The maximum Gasteiger partial charge on any atom is 0.0907 e. The Bertz CT molecular complexity index is 2570. The maximum atomic E-state index is 11.0. The van der Waals surface area contributed by atoms with Crippen LogP contribution >= 0.6 is 0 Å². The Morgan fingerprint density at radius 2 is 1.16 bits per heavy atom. The van der Waals surface area contributed by atoms with Crippen molar-refractivity contribution in [2.45, 2.75) is 0 Å². The third-order valence-electron chi connectivity index (χ3n) is 9.05. The van der Waals surface area contributed by atoms with Gasteiger partial charge in [0.1, 0.15) is 0 Å². The average molecular weight is 810 g/mol. The summed E-state index contributed by atoms with van der Waals surface area (Å²) in [5.41, 5.74) is 8.89. The van der Waals surface area contributed by atoms with E-state index in [1.165, 1.54) is 0 Å². The van der Waals surface area contributed by atoms with Crippen molar-refractivity contribution in [2.24, 2.45) is 0 Å². The molecule has 0 unspecified atom stereocenters. The van der Waals surface area contributed by atoms with E-state index in [1.807, 2.05) is 42.6 Å². The molecular weight excluding hydrogens is 782 g/mol. The van der Waals surface area contributed by atoms with Gasteiger partial charge in [0, 0.05) is 55.5 Å². The van der Waals surface area contributed by atoms with Gasteiger partial charge in [0.2, 0.25) is 0 Å². The van der Waals surface area contributed by atoms with Crippen LogP contribution < -0.4 is 0 Å². The quantitative estimate of drug-likeness (QED) is 0.139. The number of aromatic nitrogens is 3. The maximum absolute atomic E-state index is 11.0. The molecule has 0 fully saturated rings. The standard InChI is InChI=1S/C44H28N3O.Pt/c48-40-21-8-15-32-24-22-31-23-25-34(27-38(31)41(32)40)44-46-39(37-20-7-16-33-17-10-26-45-42(33)37)28-47(44)43-35(29-11-3-1-4-12-29)18-9-19-36(43)30-13-5-2-6-14-30;/h1-26,28,48H;/q-1;. The summed E-state index contributed by atoms with van der Waals surface area (Å²) in [7, 11) is 0. The topological polar surface area (TPSA) is 50.9 Å². The number of fused-ring (bicyclic) bond motifs is 4. The Labute approximate surface area is 298 Å². The summed E-state index contributed by atoms with van der Waals surface area (Å²) in [6.07, 6.45) is 3.96. The van der Waals surface area contributed by atoms with Crippen LogP contribution in [0.5, 0.6) is 5.75 Å². The number of hydrogen-bond donors (Lipinski definition) is 1. The molecule has 0 aliphatic rings. The van der Waals surface area contributed by atoms with Crippen molar-refractivity contribution < 1.29 is 26.2 Å². The van der Waals surface area contributed by atoms with E-state index < -0.39 is 0 Å². The largest absolute Gasteiger partial charge is 0.515 e. The van der Waals surface area contributed by atoms with E-state index in [4.69, 9.17) is 9.97 Å². The van der Waals surface area contributed by atoms with E-state index >= 15 is 0 Å². The number of para-hydroxylation sites is 2. The number of nitrogens with zero attached hydrogens (tertiary/aromatic N) is 3. The van der Waals surface area contributed by atoms with E-state index in [9.17, 15) is 5.11 Å². The Morgan fingerprint density at radius 1 is 0.551 bits per heavy atom. The minimum absolute atomic E-state index is 0. The molecule has 0 spiro atoms. The SMILES string of the molecule is Oc1cccc2ccc3ccc(-c4nc(-c5cccc6cccnc56)cn4-c4c(-c5ccccc5)cccc4-c4ccccc4)[c-]c3c12.[Pt]. The van der Waals surface area contributed by atoms with E-state index in [2.05, 4.69) is 126 Å². The minimum atomic E-state index is 0. The average Bonchev–Trinajstić information content (AvgIpc) is 3.60. The molecule has 4 nitrogen and oxygen atoms in total. The van der Waals surface area contributed by atoms with Gasteiger partial charge < -0.3 is 9.67 Å². The first-order valence-corrected chi connectivity index (χ1v) is 16.0. The van der Waals surface area contributed by atoms with Crippen molar-refractivity contribution in [1.82, 2.24) is 14.5 Å². The third-order valence-corrected chi connectivity index (χ3v) is 9.05. The summed E-state index contributed by atoms with van der Waals surface area (Å²) in [5.74, 6) is 0.978. The van der Waals surface area contributed by atoms with Crippen LogP contribution in [-0.4, -0.2) is 19.6 Å². The summed E-state index contributed by atoms with van der Waals surface area (Å²) >= 11 is 0. The Balaban J connectivity index is 0.00000348. The summed E-state index contributed by atoms with van der Waals surface area (Å²) in [5, 5.41) is 15.6. The summed E-state index contributed by atoms with van der Waals surface area (Å²) in [4.78, 5) is 10.2. The second-order valence-corrected chi connectivity index (χ2v) is 11.9. The first-order chi connectivity index (χ1) is 23.7. The Kier molecular flexibility index (Phi) is 7.87.